The van der Waals surface area contributed by atoms with Crippen molar-refractivity contribution in [3.63, 3.8) is 0 Å². The predicted octanol–water partition coefficient (Wildman–Crippen LogP) is 0.115. The SMILES string of the molecule is CNS(=O)(=O)c1ccc(CN)s1. The van der Waals surface area contributed by atoms with E-state index in [1.54, 1.807) is 12.1 Å². The zero-order valence-electron chi connectivity index (χ0n) is 6.57. The summed E-state index contributed by atoms with van der Waals surface area (Å²) in [7, 11) is -1.89. The molecule has 0 fully saturated rings. The van der Waals surface area contributed by atoms with Crippen molar-refractivity contribution in [1.82, 2.24) is 4.72 Å². The van der Waals surface area contributed by atoms with Crippen molar-refractivity contribution < 1.29 is 8.42 Å². The van der Waals surface area contributed by atoms with Crippen molar-refractivity contribution >= 4 is 21.4 Å². The molecule has 12 heavy (non-hydrogen) atoms. The fourth-order valence-corrected chi connectivity index (χ4v) is 2.79. The highest BCUT2D eigenvalue weighted by Gasteiger charge is 2.13. The molecule has 0 aliphatic heterocycles. The topological polar surface area (TPSA) is 72.2 Å². The van der Waals surface area contributed by atoms with E-state index in [4.69, 9.17) is 5.73 Å². The largest absolute Gasteiger partial charge is 0.326 e. The predicted molar refractivity (Wildman–Crippen MR) is 48.5 cm³/mol. The highest BCUT2D eigenvalue weighted by molar-refractivity contribution is 7.91. The third kappa shape index (κ3) is 1.84. The lowest BCUT2D eigenvalue weighted by Crippen LogP contribution is -2.17. The Kier molecular flexibility index (Phi) is 2.84. The Hall–Kier alpha value is -0.430. The molecule has 0 unspecified atom stereocenters. The molecule has 6 heteroatoms. The van der Waals surface area contributed by atoms with E-state index in [1.165, 1.54) is 18.4 Å². The lowest BCUT2D eigenvalue weighted by atomic mass is 10.5. The lowest BCUT2D eigenvalue weighted by Gasteiger charge is -1.95. The molecule has 0 aliphatic rings. The zero-order valence-corrected chi connectivity index (χ0v) is 8.21. The van der Waals surface area contributed by atoms with E-state index in [-0.39, 0.29) is 0 Å². The van der Waals surface area contributed by atoms with Crippen LogP contribution < -0.4 is 10.5 Å². The molecule has 0 aromatic carbocycles. The summed E-state index contributed by atoms with van der Waals surface area (Å²) in [5.41, 5.74) is 5.34. The number of nitrogens with one attached hydrogen (secondary N) is 1. The van der Waals surface area contributed by atoms with Crippen molar-refractivity contribution in [2.75, 3.05) is 7.05 Å². The molecule has 0 amide bonds. The Morgan fingerprint density at radius 3 is 2.67 bits per heavy atom. The van der Waals surface area contributed by atoms with E-state index in [1.807, 2.05) is 0 Å². The molecule has 0 spiro atoms. The molecule has 0 aliphatic carbocycles. The Balaban J connectivity index is 3.05. The minimum Gasteiger partial charge on any atom is -0.326 e. The van der Waals surface area contributed by atoms with Gasteiger partial charge in [-0.2, -0.15) is 0 Å². The highest BCUT2D eigenvalue weighted by Crippen LogP contribution is 2.20. The van der Waals surface area contributed by atoms with Crippen molar-refractivity contribution in [2.45, 2.75) is 10.8 Å². The molecule has 1 aromatic rings. The third-order valence-corrected chi connectivity index (χ3v) is 4.39. The summed E-state index contributed by atoms with van der Waals surface area (Å²) in [4.78, 5) is 0.865. The fourth-order valence-electron chi connectivity index (χ4n) is 0.713. The molecule has 1 rings (SSSR count). The van der Waals surface area contributed by atoms with Crippen molar-refractivity contribution in [3.05, 3.63) is 17.0 Å². The number of hydrogen-bond donors (Lipinski definition) is 2. The van der Waals surface area contributed by atoms with Crippen LogP contribution in [0.1, 0.15) is 4.88 Å². The monoisotopic (exact) mass is 206 g/mol. The summed E-state index contributed by atoms with van der Waals surface area (Å²) in [6.45, 7) is 0.379. The molecule has 0 atom stereocenters. The van der Waals surface area contributed by atoms with Gasteiger partial charge in [-0.25, -0.2) is 13.1 Å². The first-order valence-electron chi connectivity index (χ1n) is 3.32. The zero-order chi connectivity index (χ0) is 9.19. The summed E-state index contributed by atoms with van der Waals surface area (Å²) >= 11 is 1.19. The van der Waals surface area contributed by atoms with Crippen LogP contribution in [0.25, 0.3) is 0 Å². The van der Waals surface area contributed by atoms with Crippen LogP contribution >= 0.6 is 11.3 Å². The highest BCUT2D eigenvalue weighted by atomic mass is 32.2. The lowest BCUT2D eigenvalue weighted by molar-refractivity contribution is 0.590. The third-order valence-electron chi connectivity index (χ3n) is 1.37. The van der Waals surface area contributed by atoms with E-state index in [2.05, 4.69) is 4.72 Å². The summed E-state index contributed by atoms with van der Waals surface area (Å²) < 4.78 is 24.9. The smallest absolute Gasteiger partial charge is 0.249 e. The van der Waals surface area contributed by atoms with Gasteiger partial charge in [0.25, 0.3) is 0 Å². The molecule has 4 nitrogen and oxygen atoms in total. The first-order valence-corrected chi connectivity index (χ1v) is 5.62. The van der Waals surface area contributed by atoms with Gasteiger partial charge in [-0.15, -0.1) is 11.3 Å². The second-order valence-electron chi connectivity index (χ2n) is 2.13. The summed E-state index contributed by atoms with van der Waals surface area (Å²) in [5, 5.41) is 0. The van der Waals surface area contributed by atoms with Crippen LogP contribution in [-0.2, 0) is 16.6 Å². The molecular weight excluding hydrogens is 196 g/mol. The van der Waals surface area contributed by atoms with Crippen LogP contribution in [-0.4, -0.2) is 15.5 Å². The summed E-state index contributed by atoms with van der Waals surface area (Å²) in [5.74, 6) is 0. The Morgan fingerprint density at radius 2 is 2.25 bits per heavy atom. The van der Waals surface area contributed by atoms with Crippen LogP contribution in [0, 0.1) is 0 Å². The van der Waals surface area contributed by atoms with Crippen LogP contribution in [0.15, 0.2) is 16.3 Å². The number of sulfonamides is 1. The van der Waals surface area contributed by atoms with Crippen LogP contribution in [0.3, 0.4) is 0 Å². The average molecular weight is 206 g/mol. The van der Waals surface area contributed by atoms with Gasteiger partial charge in [0.1, 0.15) is 4.21 Å². The maximum absolute atomic E-state index is 11.2. The van der Waals surface area contributed by atoms with Crippen molar-refractivity contribution in [3.8, 4) is 0 Å². The molecular formula is C6H10N2O2S2. The van der Waals surface area contributed by atoms with Gasteiger partial charge >= 0.3 is 0 Å². The second kappa shape index (κ2) is 3.53. The average Bonchev–Trinajstić information content (AvgIpc) is 2.52. The minimum atomic E-state index is -3.27. The van der Waals surface area contributed by atoms with Crippen LogP contribution in [0.5, 0.6) is 0 Å². The first-order chi connectivity index (χ1) is 5.60. The van der Waals surface area contributed by atoms with Gasteiger partial charge in [0.2, 0.25) is 10.0 Å². The van der Waals surface area contributed by atoms with E-state index in [0.717, 1.165) is 4.88 Å². The Bertz CT molecular complexity index is 355. The quantitative estimate of drug-likeness (QED) is 0.737. The number of thiophene rings is 1. The first kappa shape index (κ1) is 9.66. The van der Waals surface area contributed by atoms with Gasteiger partial charge in [-0.1, -0.05) is 0 Å². The second-order valence-corrected chi connectivity index (χ2v) is 5.41. The van der Waals surface area contributed by atoms with Crippen LogP contribution in [0.2, 0.25) is 0 Å². The Labute approximate surface area is 75.5 Å². The Morgan fingerprint density at radius 1 is 1.58 bits per heavy atom. The van der Waals surface area contributed by atoms with Gasteiger partial charge in [0.05, 0.1) is 0 Å². The number of nitrogens with two attached hydrogens (primary N) is 1. The van der Waals surface area contributed by atoms with Gasteiger partial charge in [-0.05, 0) is 19.2 Å². The molecule has 1 heterocycles. The van der Waals surface area contributed by atoms with E-state index >= 15 is 0 Å². The minimum absolute atomic E-state index is 0.311. The van der Waals surface area contributed by atoms with Crippen LogP contribution in [0.4, 0.5) is 0 Å². The number of rotatable bonds is 3. The standard InChI is InChI=1S/C6H10N2O2S2/c1-8-12(9,10)6-3-2-5(4-7)11-6/h2-3,8H,4,7H2,1H3. The normalized spacial score (nSPS) is 11.8. The maximum Gasteiger partial charge on any atom is 0.249 e. The van der Waals surface area contributed by atoms with Gasteiger partial charge < -0.3 is 5.73 Å². The van der Waals surface area contributed by atoms with E-state index in [0.29, 0.717) is 10.8 Å². The molecule has 0 bridgehead atoms. The number of hydrogen-bond acceptors (Lipinski definition) is 4. The summed E-state index contributed by atoms with van der Waals surface area (Å²) in [6.07, 6.45) is 0. The molecule has 0 radical (unpaired) electrons. The van der Waals surface area contributed by atoms with Crippen molar-refractivity contribution in [2.24, 2.45) is 5.73 Å². The van der Waals surface area contributed by atoms with Gasteiger partial charge in [-0.3, -0.25) is 0 Å². The summed E-state index contributed by atoms with van der Waals surface area (Å²) in [6, 6.07) is 3.27. The molecule has 0 saturated carbocycles. The van der Waals surface area contributed by atoms with E-state index < -0.39 is 10.0 Å². The van der Waals surface area contributed by atoms with Crippen molar-refractivity contribution in [1.29, 1.82) is 0 Å². The van der Waals surface area contributed by atoms with Gasteiger partial charge in [0.15, 0.2) is 0 Å². The molecule has 68 valence electrons. The van der Waals surface area contributed by atoms with E-state index in [9.17, 15) is 8.42 Å². The van der Waals surface area contributed by atoms with Gasteiger partial charge in [0, 0.05) is 11.4 Å². The fraction of sp³-hybridized carbons (Fsp3) is 0.333. The molecule has 0 saturated heterocycles. The molecule has 3 N–H and O–H groups in total. The molecule has 1 aromatic heterocycles. The maximum atomic E-state index is 11.2.